The van der Waals surface area contributed by atoms with Crippen LogP contribution in [0.25, 0.3) is 0 Å². The van der Waals surface area contributed by atoms with Crippen LogP contribution in [-0.2, 0) is 14.2 Å². The van der Waals surface area contributed by atoms with Gasteiger partial charge in [0.05, 0.1) is 0 Å². The van der Waals surface area contributed by atoms with Crippen LogP contribution in [0, 0.1) is 0 Å². The summed E-state index contributed by atoms with van der Waals surface area (Å²) in [5.74, 6) is -0.777. The number of aliphatic hydroxyl groups is 1. The van der Waals surface area contributed by atoms with E-state index in [1.54, 1.807) is 0 Å². The van der Waals surface area contributed by atoms with Crippen LogP contribution >= 0.6 is 0 Å². The van der Waals surface area contributed by atoms with E-state index in [0.29, 0.717) is 13.2 Å². The summed E-state index contributed by atoms with van der Waals surface area (Å²) in [5, 5.41) is 9.51. The molecule has 0 spiro atoms. The number of ether oxygens (including phenoxy) is 1. The summed E-state index contributed by atoms with van der Waals surface area (Å²) in [7, 11) is 4.64. The van der Waals surface area contributed by atoms with Gasteiger partial charge in [-0.2, -0.15) is 0 Å². The second kappa shape index (κ2) is 3.23. The second-order valence-electron chi connectivity index (χ2n) is 2.55. The normalized spacial score (nSPS) is 22.6. The molecule has 60 valence electrons. The van der Waals surface area contributed by atoms with Crippen LogP contribution in [-0.4, -0.2) is 37.9 Å². The lowest BCUT2D eigenvalue weighted by Gasteiger charge is -2.29. The molecular weight excluding hydrogens is 147 g/mol. The van der Waals surface area contributed by atoms with Crippen LogP contribution < -0.4 is 0 Å². The van der Waals surface area contributed by atoms with Gasteiger partial charge in [0, 0.05) is 26.1 Å². The minimum Gasteiger partial charge on any atom is -0.541 e. The first kappa shape index (κ1) is 8.55. The predicted octanol–water partition coefficient (Wildman–Crippen LogP) is -0.845. The summed E-state index contributed by atoms with van der Waals surface area (Å²) in [6.07, 6.45) is 0.506. The van der Waals surface area contributed by atoms with Crippen molar-refractivity contribution in [3.63, 3.8) is 0 Å². The summed E-state index contributed by atoms with van der Waals surface area (Å²) in [6.45, 7) is 0.733. The van der Waals surface area contributed by atoms with Crippen molar-refractivity contribution in [3.8, 4) is 0 Å². The topological polar surface area (TPSA) is 55.8 Å². The average Bonchev–Trinajstić information content (AvgIpc) is 2.04. The van der Waals surface area contributed by atoms with E-state index in [4.69, 9.17) is 4.74 Å². The van der Waals surface area contributed by atoms with Gasteiger partial charge in [-0.1, -0.05) is 0 Å². The Bertz CT molecular complexity index is 153. The highest BCUT2D eigenvalue weighted by Crippen LogP contribution is 2.21. The van der Waals surface area contributed by atoms with E-state index in [9.17, 15) is 9.90 Å². The smallest absolute Gasteiger partial charge is 0.378 e. The third-order valence-corrected chi connectivity index (χ3v) is 1.81. The quantitative estimate of drug-likeness (QED) is 0.502. The van der Waals surface area contributed by atoms with E-state index in [1.165, 1.54) is 0 Å². The van der Waals surface area contributed by atoms with Crippen LogP contribution in [0.3, 0.4) is 0 Å². The Morgan fingerprint density at radius 1 is 1.55 bits per heavy atom. The van der Waals surface area contributed by atoms with Gasteiger partial charge >= 0.3 is 14.0 Å². The molecule has 1 N–H and O–H groups in total. The lowest BCUT2D eigenvalue weighted by Crippen LogP contribution is -2.44. The average molecular weight is 156 g/mol. The Balaban J connectivity index is 2.56. The van der Waals surface area contributed by atoms with Gasteiger partial charge in [0.1, 0.15) is 0 Å². The SMILES string of the molecule is [B]OC(=O)C1(O)CCOCC1. The molecule has 0 aromatic heterocycles. The van der Waals surface area contributed by atoms with Crippen LogP contribution in [0.2, 0.25) is 0 Å². The van der Waals surface area contributed by atoms with Crippen molar-refractivity contribution in [2.24, 2.45) is 0 Å². The van der Waals surface area contributed by atoms with Gasteiger partial charge < -0.3 is 14.5 Å². The molecule has 5 heteroatoms. The maximum absolute atomic E-state index is 10.8. The van der Waals surface area contributed by atoms with Crippen molar-refractivity contribution in [3.05, 3.63) is 0 Å². The maximum Gasteiger partial charge on any atom is 0.378 e. The lowest BCUT2D eigenvalue weighted by atomic mass is 9.94. The number of carbonyl (C=O) groups is 1. The monoisotopic (exact) mass is 156 g/mol. The third kappa shape index (κ3) is 1.72. The fraction of sp³-hybridized carbons (Fsp3) is 0.833. The summed E-state index contributed by atoms with van der Waals surface area (Å²) in [6, 6.07) is 0. The molecule has 0 atom stereocenters. The maximum atomic E-state index is 10.8. The van der Waals surface area contributed by atoms with E-state index in [2.05, 4.69) is 12.7 Å². The first-order chi connectivity index (χ1) is 5.19. The number of carbonyl (C=O) groups excluding carboxylic acids is 1. The Kier molecular flexibility index (Phi) is 2.51. The molecule has 1 fully saturated rings. The minimum atomic E-state index is -1.42. The van der Waals surface area contributed by atoms with Crippen molar-refractivity contribution in [1.82, 2.24) is 0 Å². The molecule has 0 unspecified atom stereocenters. The molecule has 1 saturated heterocycles. The molecule has 0 amide bonds. The van der Waals surface area contributed by atoms with Crippen molar-refractivity contribution < 1.29 is 19.3 Å². The van der Waals surface area contributed by atoms with Gasteiger partial charge in [-0.25, -0.2) is 0 Å². The molecule has 0 aliphatic carbocycles. The molecule has 1 aliphatic heterocycles. The summed E-state index contributed by atoms with van der Waals surface area (Å²) in [5.41, 5.74) is -1.42. The third-order valence-electron chi connectivity index (χ3n) is 1.81. The van der Waals surface area contributed by atoms with E-state index >= 15 is 0 Å². The van der Waals surface area contributed by atoms with E-state index in [0.717, 1.165) is 0 Å². The highest BCUT2D eigenvalue weighted by atomic mass is 16.5. The Labute approximate surface area is 65.9 Å². The molecule has 0 saturated carbocycles. The zero-order valence-corrected chi connectivity index (χ0v) is 6.08. The zero-order valence-electron chi connectivity index (χ0n) is 6.08. The summed E-state index contributed by atoms with van der Waals surface area (Å²) in [4.78, 5) is 10.8. The molecule has 4 nitrogen and oxygen atoms in total. The molecule has 0 aromatic rings. The Morgan fingerprint density at radius 2 is 2.09 bits per heavy atom. The molecule has 0 aromatic carbocycles. The first-order valence-corrected chi connectivity index (χ1v) is 3.40. The van der Waals surface area contributed by atoms with E-state index in [-0.39, 0.29) is 12.8 Å². The van der Waals surface area contributed by atoms with Crippen LogP contribution in [0.1, 0.15) is 12.8 Å². The predicted molar refractivity (Wildman–Crippen MR) is 36.8 cm³/mol. The number of hydrogen-bond acceptors (Lipinski definition) is 4. The lowest BCUT2D eigenvalue weighted by molar-refractivity contribution is -0.164. The zero-order chi connectivity index (χ0) is 8.32. The number of hydrogen-bond donors (Lipinski definition) is 1. The first-order valence-electron chi connectivity index (χ1n) is 3.40. The molecule has 1 heterocycles. The van der Waals surface area contributed by atoms with Crippen molar-refractivity contribution in [2.45, 2.75) is 18.4 Å². The fourth-order valence-corrected chi connectivity index (χ4v) is 1.02. The van der Waals surface area contributed by atoms with E-state index in [1.807, 2.05) is 0 Å². The second-order valence-corrected chi connectivity index (χ2v) is 2.55. The minimum absolute atomic E-state index is 0.253. The number of rotatable bonds is 1. The van der Waals surface area contributed by atoms with Gasteiger partial charge in [-0.15, -0.1) is 0 Å². The van der Waals surface area contributed by atoms with Gasteiger partial charge in [0.25, 0.3) is 0 Å². The Morgan fingerprint density at radius 3 is 2.55 bits per heavy atom. The molecule has 11 heavy (non-hydrogen) atoms. The van der Waals surface area contributed by atoms with Crippen molar-refractivity contribution in [1.29, 1.82) is 0 Å². The van der Waals surface area contributed by atoms with E-state index < -0.39 is 11.6 Å². The van der Waals surface area contributed by atoms with Crippen molar-refractivity contribution >= 4 is 14.0 Å². The molecule has 1 rings (SSSR count). The summed E-state index contributed by atoms with van der Waals surface area (Å²) >= 11 is 0. The van der Waals surface area contributed by atoms with Gasteiger partial charge in [-0.05, 0) is 0 Å². The molecular formula is C6H9BO4. The molecule has 1 aliphatic rings. The fourth-order valence-electron chi connectivity index (χ4n) is 1.02. The largest absolute Gasteiger partial charge is 0.541 e. The van der Waals surface area contributed by atoms with Crippen LogP contribution in [0.4, 0.5) is 0 Å². The summed E-state index contributed by atoms with van der Waals surface area (Å²) < 4.78 is 8.90. The highest BCUT2D eigenvalue weighted by molar-refractivity contribution is 6.06. The standard InChI is InChI=1S/C6H9BO4/c7-11-5(8)6(9)1-3-10-4-2-6/h9H,1-4H2. The molecule has 0 bridgehead atoms. The molecule has 2 radical (unpaired) electrons. The van der Waals surface area contributed by atoms with Crippen LogP contribution in [0.5, 0.6) is 0 Å². The highest BCUT2D eigenvalue weighted by Gasteiger charge is 2.38. The van der Waals surface area contributed by atoms with Gasteiger partial charge in [-0.3, -0.25) is 4.79 Å². The van der Waals surface area contributed by atoms with Gasteiger partial charge in [0.15, 0.2) is 5.60 Å². The van der Waals surface area contributed by atoms with Crippen molar-refractivity contribution in [2.75, 3.05) is 13.2 Å². The Hall–Kier alpha value is -0.545. The van der Waals surface area contributed by atoms with Crippen LogP contribution in [0.15, 0.2) is 0 Å². The van der Waals surface area contributed by atoms with Gasteiger partial charge in [0.2, 0.25) is 0 Å².